The number of hydrogen-bond acceptors (Lipinski definition) is 5. The Morgan fingerprint density at radius 1 is 0.930 bits per heavy atom. The van der Waals surface area contributed by atoms with E-state index >= 15 is 4.79 Å². The van der Waals surface area contributed by atoms with Gasteiger partial charge in [0.2, 0.25) is 0 Å². The molecule has 1 N–H and O–H groups in total. The molecular formula is C45H43Cl2N5O5. The molecule has 57 heavy (non-hydrogen) atoms. The number of carbonyl (C=O) groups excluding carboxylic acids is 1. The molecule has 7 aromatic rings. The average molecular weight is 805 g/mol. The van der Waals surface area contributed by atoms with Gasteiger partial charge in [-0.1, -0.05) is 71.7 Å². The van der Waals surface area contributed by atoms with Gasteiger partial charge in [0.15, 0.2) is 5.69 Å². The van der Waals surface area contributed by atoms with Crippen LogP contribution in [0.15, 0.2) is 78.9 Å². The highest BCUT2D eigenvalue weighted by Crippen LogP contribution is 2.45. The predicted octanol–water partition coefficient (Wildman–Crippen LogP) is 10.1. The van der Waals surface area contributed by atoms with Crippen molar-refractivity contribution < 1.29 is 24.3 Å². The average Bonchev–Trinajstić information content (AvgIpc) is 3.82. The molecule has 4 heterocycles. The minimum Gasteiger partial charge on any atom is -0.494 e. The number of fused-ring (bicyclic) bond motifs is 4. The fourth-order valence-corrected chi connectivity index (χ4v) is 8.72. The number of aromatic nitrogens is 4. The number of anilines is 1. The highest BCUT2D eigenvalue weighted by molar-refractivity contribution is 6.35. The van der Waals surface area contributed by atoms with Gasteiger partial charge < -0.3 is 24.1 Å². The van der Waals surface area contributed by atoms with Crippen molar-refractivity contribution in [1.29, 1.82) is 0 Å². The van der Waals surface area contributed by atoms with E-state index in [9.17, 15) is 9.90 Å². The van der Waals surface area contributed by atoms with Crippen LogP contribution in [-0.4, -0.2) is 49.2 Å². The molecule has 3 aromatic heterocycles. The number of ether oxygens (including phenoxy) is 1. The van der Waals surface area contributed by atoms with Gasteiger partial charge in [0.1, 0.15) is 23.6 Å². The zero-order valence-corrected chi connectivity index (χ0v) is 34.2. The van der Waals surface area contributed by atoms with Crippen LogP contribution in [0.4, 0.5) is 5.69 Å². The first kappa shape index (κ1) is 38.2. The monoisotopic (exact) mass is 803 g/mol. The Labute approximate surface area is 340 Å². The van der Waals surface area contributed by atoms with Crippen molar-refractivity contribution in [3.05, 3.63) is 134 Å². The quantitative estimate of drug-likeness (QED) is 0.131. The summed E-state index contributed by atoms with van der Waals surface area (Å²) in [5.74, 6) is -0.592. The Hall–Kier alpha value is -5.71. The second kappa shape index (κ2) is 15.0. The number of aromatic carboxylic acids is 1. The molecule has 8 rings (SSSR count). The van der Waals surface area contributed by atoms with Crippen LogP contribution < -0.4 is 14.5 Å². The van der Waals surface area contributed by atoms with Crippen molar-refractivity contribution >= 4 is 62.6 Å². The summed E-state index contributed by atoms with van der Waals surface area (Å²) in [5.41, 5.74) is 9.75. The molecule has 0 fully saturated rings. The van der Waals surface area contributed by atoms with Crippen LogP contribution in [0.1, 0.15) is 74.0 Å². The van der Waals surface area contributed by atoms with Gasteiger partial charge in [-0.05, 0) is 100 Å². The summed E-state index contributed by atoms with van der Waals surface area (Å²) >= 11 is 13.6. The topological polar surface area (TPSA) is 104 Å². The smallest absolute Gasteiger partial charge is 0.356 e. The molecule has 4 aromatic carbocycles. The third kappa shape index (κ3) is 6.60. The minimum absolute atomic E-state index is 0.0340. The Morgan fingerprint density at radius 3 is 2.35 bits per heavy atom. The first-order chi connectivity index (χ1) is 27.3. The molecule has 0 aliphatic carbocycles. The number of rotatable bonds is 11. The molecule has 12 heteroatoms. The second-order valence-corrected chi connectivity index (χ2v) is 15.7. The molecule has 0 saturated heterocycles. The van der Waals surface area contributed by atoms with Gasteiger partial charge in [-0.25, -0.2) is 4.79 Å². The first-order valence-electron chi connectivity index (χ1n) is 19.0. The fraction of sp³-hybridized carbons (Fsp3) is 0.267. The predicted molar refractivity (Wildman–Crippen MR) is 225 cm³/mol. The molecule has 1 unspecified atom stereocenters. The van der Waals surface area contributed by atoms with Crippen molar-refractivity contribution in [3.8, 4) is 16.9 Å². The lowest BCUT2D eigenvalue weighted by Crippen LogP contribution is -2.43. The Kier molecular flexibility index (Phi) is 10.0. The maximum Gasteiger partial charge on any atom is 0.356 e. The van der Waals surface area contributed by atoms with E-state index in [0.29, 0.717) is 53.3 Å². The molecule has 1 amide bonds. The van der Waals surface area contributed by atoms with E-state index in [0.717, 1.165) is 66.4 Å². The van der Waals surface area contributed by atoms with Crippen molar-refractivity contribution in [2.75, 3.05) is 18.1 Å². The number of benzene rings is 4. The van der Waals surface area contributed by atoms with E-state index in [1.807, 2.05) is 112 Å². The zero-order valence-electron chi connectivity index (χ0n) is 32.7. The van der Waals surface area contributed by atoms with Crippen LogP contribution in [0.25, 0.3) is 32.9 Å². The Bertz CT molecular complexity index is 2710. The zero-order chi connectivity index (χ0) is 40.3. The highest BCUT2D eigenvalue weighted by Gasteiger charge is 2.38. The first-order valence-corrected chi connectivity index (χ1v) is 19.7. The number of aryl methyl sites for hydroxylation is 5. The number of amides is 1. The Morgan fingerprint density at radius 2 is 1.67 bits per heavy atom. The van der Waals surface area contributed by atoms with Crippen molar-refractivity contribution in [3.63, 3.8) is 0 Å². The van der Waals surface area contributed by atoms with Gasteiger partial charge in [-0.2, -0.15) is 9.83 Å². The third-order valence-corrected chi connectivity index (χ3v) is 11.9. The summed E-state index contributed by atoms with van der Waals surface area (Å²) in [7, 11) is 1.92. The van der Waals surface area contributed by atoms with Crippen LogP contribution in [0.3, 0.4) is 0 Å². The van der Waals surface area contributed by atoms with Gasteiger partial charge in [0.05, 0.1) is 28.5 Å². The molecule has 1 aliphatic rings. The SMILES string of the molecule is Cc1cc(OCCCc2c3n(c4c(-c5c(C)nn(C)c5C)c(Cl)ccc24)C(C)CN(c2cccc4cc(C(=O)O)n(OCc5ccccc5)c24)C3=O)cc(C)c1Cl. The van der Waals surface area contributed by atoms with Crippen LogP contribution in [0, 0.1) is 27.7 Å². The van der Waals surface area contributed by atoms with Crippen LogP contribution in [0.2, 0.25) is 10.0 Å². The summed E-state index contributed by atoms with van der Waals surface area (Å²) < 4.78 is 11.6. The lowest BCUT2D eigenvalue weighted by atomic mass is 9.98. The van der Waals surface area contributed by atoms with Crippen molar-refractivity contribution in [2.24, 2.45) is 7.05 Å². The summed E-state index contributed by atoms with van der Waals surface area (Å²) in [4.78, 5) is 35.9. The normalized spacial score (nSPS) is 14.1. The summed E-state index contributed by atoms with van der Waals surface area (Å²) in [5, 5.41) is 17.9. The van der Waals surface area contributed by atoms with E-state index in [1.165, 1.54) is 4.73 Å². The number of carboxylic acids is 1. The Balaban J connectivity index is 1.26. The molecule has 1 aliphatic heterocycles. The van der Waals surface area contributed by atoms with Gasteiger partial charge in [-0.15, -0.1) is 0 Å². The molecule has 0 radical (unpaired) electrons. The number of carbonyl (C=O) groups is 2. The highest BCUT2D eigenvalue weighted by atomic mass is 35.5. The number of hydrogen-bond donors (Lipinski definition) is 1. The standard InChI is InChI=1S/C45H43Cl2N5O5/c1-25-20-32(21-26(2)40(25)47)56-19-11-15-33-34-17-18-35(46)39(38-28(4)48-49(6)29(38)5)42(34)51-27(3)23-50(44(53)43(33)51)36-16-10-14-31-22-37(45(54)55)52(41(31)36)57-24-30-12-8-7-9-13-30/h7-10,12-14,16-18,20-22,27H,11,15,19,23-24H2,1-6H3,(H,54,55). The number of halogens is 2. The molecule has 0 bridgehead atoms. The minimum atomic E-state index is -1.14. The number of carboxylic acid groups (broad SMARTS) is 1. The lowest BCUT2D eigenvalue weighted by Gasteiger charge is -2.35. The third-order valence-electron chi connectivity index (χ3n) is 11.0. The number of nitrogens with zero attached hydrogens (tertiary/aromatic N) is 5. The van der Waals surface area contributed by atoms with E-state index < -0.39 is 5.97 Å². The summed E-state index contributed by atoms with van der Waals surface area (Å²) in [6.07, 6.45) is 1.18. The van der Waals surface area contributed by atoms with E-state index in [-0.39, 0.29) is 24.2 Å². The van der Waals surface area contributed by atoms with E-state index in [1.54, 1.807) is 11.0 Å². The summed E-state index contributed by atoms with van der Waals surface area (Å²) in [6.45, 7) is 10.9. The molecule has 292 valence electrons. The van der Waals surface area contributed by atoms with Gasteiger partial charge in [0, 0.05) is 52.3 Å². The maximum absolute atomic E-state index is 15.3. The molecule has 0 spiro atoms. The molecule has 0 saturated carbocycles. The maximum atomic E-state index is 15.3. The molecule has 1 atom stereocenters. The van der Waals surface area contributed by atoms with Crippen LogP contribution in [-0.2, 0) is 20.1 Å². The van der Waals surface area contributed by atoms with E-state index in [2.05, 4.69) is 11.5 Å². The van der Waals surface area contributed by atoms with Crippen molar-refractivity contribution in [1.82, 2.24) is 19.1 Å². The van der Waals surface area contributed by atoms with E-state index in [4.69, 9.17) is 37.9 Å². The van der Waals surface area contributed by atoms with Crippen LogP contribution >= 0.6 is 23.2 Å². The second-order valence-electron chi connectivity index (χ2n) is 14.9. The van der Waals surface area contributed by atoms with Gasteiger partial charge in [0.25, 0.3) is 5.91 Å². The largest absolute Gasteiger partial charge is 0.494 e. The lowest BCUT2D eigenvalue weighted by molar-refractivity contribution is 0.0589. The van der Waals surface area contributed by atoms with Crippen LogP contribution in [0.5, 0.6) is 5.75 Å². The van der Waals surface area contributed by atoms with Gasteiger partial charge >= 0.3 is 5.97 Å². The molecule has 10 nitrogen and oxygen atoms in total. The fourth-order valence-electron chi connectivity index (χ4n) is 8.36. The summed E-state index contributed by atoms with van der Waals surface area (Å²) in [6, 6.07) is 24.3. The van der Waals surface area contributed by atoms with Crippen molar-refractivity contribution in [2.45, 2.75) is 60.1 Å². The van der Waals surface area contributed by atoms with Gasteiger partial charge in [-0.3, -0.25) is 9.48 Å². The number of para-hydroxylation sites is 1. The molecular weight excluding hydrogens is 761 g/mol.